The molecule has 0 aliphatic heterocycles. The molecule has 1 amide bonds. The third-order valence-electron chi connectivity index (χ3n) is 4.26. The van der Waals surface area contributed by atoms with Crippen molar-refractivity contribution in [2.75, 3.05) is 17.2 Å². The van der Waals surface area contributed by atoms with Gasteiger partial charge in [0.25, 0.3) is 5.91 Å². The summed E-state index contributed by atoms with van der Waals surface area (Å²) in [6, 6.07) is 6.95. The van der Waals surface area contributed by atoms with Crippen LogP contribution in [0.4, 0.5) is 11.6 Å². The number of hydrogen-bond acceptors (Lipinski definition) is 6. The van der Waals surface area contributed by atoms with E-state index in [2.05, 4.69) is 20.6 Å². The lowest BCUT2D eigenvalue weighted by Crippen LogP contribution is -2.18. The molecule has 2 aromatic rings. The molecule has 2 N–H and O–H groups in total. The van der Waals surface area contributed by atoms with Crippen LogP contribution in [0, 0.1) is 0 Å². The first kappa shape index (κ1) is 17.8. The fourth-order valence-electron chi connectivity index (χ4n) is 2.88. The van der Waals surface area contributed by atoms with Crippen molar-refractivity contribution in [2.45, 2.75) is 38.6 Å². The summed E-state index contributed by atoms with van der Waals surface area (Å²) in [5, 5.41) is 6.04. The first-order valence-corrected chi connectivity index (χ1v) is 8.83. The van der Waals surface area contributed by atoms with Crippen molar-refractivity contribution in [1.29, 1.82) is 0 Å². The first-order chi connectivity index (χ1) is 12.7. The van der Waals surface area contributed by atoms with Crippen LogP contribution in [0.5, 0.6) is 0 Å². The molecule has 1 aromatic heterocycles. The molecule has 0 bridgehead atoms. The second-order valence-corrected chi connectivity index (χ2v) is 6.17. The van der Waals surface area contributed by atoms with E-state index in [1.165, 1.54) is 25.2 Å². The highest BCUT2D eigenvalue weighted by Crippen LogP contribution is 2.20. The molecule has 0 unspecified atom stereocenters. The fourth-order valence-corrected chi connectivity index (χ4v) is 2.88. The molecule has 26 heavy (non-hydrogen) atoms. The van der Waals surface area contributed by atoms with Crippen LogP contribution in [-0.4, -0.2) is 34.5 Å². The van der Waals surface area contributed by atoms with Gasteiger partial charge in [0.15, 0.2) is 0 Å². The van der Waals surface area contributed by atoms with E-state index in [0.717, 1.165) is 12.8 Å². The maximum Gasteiger partial charge on any atom is 0.338 e. The summed E-state index contributed by atoms with van der Waals surface area (Å²) in [5.41, 5.74) is 1.39. The third kappa shape index (κ3) is 4.56. The van der Waals surface area contributed by atoms with Crippen LogP contribution < -0.4 is 10.6 Å². The number of anilines is 2. The second kappa shape index (κ2) is 8.42. The largest absolute Gasteiger partial charge is 0.462 e. The minimum atomic E-state index is -0.385. The number of amides is 1. The fraction of sp³-hybridized carbons (Fsp3) is 0.368. The summed E-state index contributed by atoms with van der Waals surface area (Å²) in [7, 11) is 0. The Hall–Kier alpha value is -2.96. The molecule has 1 fully saturated rings. The molecule has 7 heteroatoms. The van der Waals surface area contributed by atoms with Crippen molar-refractivity contribution in [1.82, 2.24) is 9.97 Å². The number of nitrogens with zero attached hydrogens (tertiary/aromatic N) is 2. The van der Waals surface area contributed by atoms with Gasteiger partial charge in [-0.25, -0.2) is 14.8 Å². The molecule has 0 atom stereocenters. The topological polar surface area (TPSA) is 93.2 Å². The quantitative estimate of drug-likeness (QED) is 0.774. The van der Waals surface area contributed by atoms with Gasteiger partial charge in [-0.15, -0.1) is 0 Å². The van der Waals surface area contributed by atoms with Gasteiger partial charge in [-0.3, -0.25) is 4.79 Å². The van der Waals surface area contributed by atoms with Crippen LogP contribution in [-0.2, 0) is 4.74 Å². The van der Waals surface area contributed by atoms with Crippen LogP contribution in [0.15, 0.2) is 36.7 Å². The molecular formula is C19H22N4O3. The van der Waals surface area contributed by atoms with E-state index >= 15 is 0 Å². The number of carbonyl (C=O) groups is 2. The van der Waals surface area contributed by atoms with Gasteiger partial charge in [-0.1, -0.05) is 12.8 Å². The second-order valence-electron chi connectivity index (χ2n) is 6.17. The maximum atomic E-state index is 12.3. The number of nitrogens with one attached hydrogen (secondary N) is 2. The first-order valence-electron chi connectivity index (χ1n) is 8.83. The van der Waals surface area contributed by atoms with E-state index < -0.39 is 0 Å². The van der Waals surface area contributed by atoms with Gasteiger partial charge in [-0.05, 0) is 44.0 Å². The Balaban J connectivity index is 1.58. The predicted octanol–water partition coefficient (Wildman–Crippen LogP) is 3.26. The lowest BCUT2D eigenvalue weighted by molar-refractivity contribution is 0.0526. The number of benzene rings is 1. The molecule has 0 spiro atoms. The summed E-state index contributed by atoms with van der Waals surface area (Å²) in [5.74, 6) is -0.141. The third-order valence-corrected chi connectivity index (χ3v) is 4.26. The van der Waals surface area contributed by atoms with Crippen LogP contribution in [0.3, 0.4) is 0 Å². The van der Waals surface area contributed by atoms with Gasteiger partial charge < -0.3 is 15.4 Å². The Kier molecular flexibility index (Phi) is 5.78. The maximum absolute atomic E-state index is 12.3. The summed E-state index contributed by atoms with van der Waals surface area (Å²) in [6.45, 7) is 2.08. The summed E-state index contributed by atoms with van der Waals surface area (Å²) in [6.07, 6.45) is 7.74. The molecule has 1 heterocycles. The van der Waals surface area contributed by atoms with Gasteiger partial charge in [0.1, 0.15) is 0 Å². The summed E-state index contributed by atoms with van der Waals surface area (Å²) in [4.78, 5) is 32.3. The van der Waals surface area contributed by atoms with E-state index in [9.17, 15) is 9.59 Å². The zero-order valence-electron chi connectivity index (χ0n) is 14.7. The van der Waals surface area contributed by atoms with Crippen molar-refractivity contribution < 1.29 is 14.3 Å². The minimum Gasteiger partial charge on any atom is -0.462 e. The van der Waals surface area contributed by atoms with Gasteiger partial charge in [0, 0.05) is 24.1 Å². The average molecular weight is 354 g/mol. The number of hydrogen-bond donors (Lipinski definition) is 2. The number of rotatable bonds is 6. The van der Waals surface area contributed by atoms with Crippen molar-refractivity contribution >= 4 is 23.5 Å². The molecule has 1 saturated carbocycles. The Bertz CT molecular complexity index is 753. The molecule has 3 rings (SSSR count). The van der Waals surface area contributed by atoms with Crippen LogP contribution in [0.25, 0.3) is 0 Å². The lowest BCUT2D eigenvalue weighted by atomic mass is 10.2. The predicted molar refractivity (Wildman–Crippen MR) is 98.3 cm³/mol. The monoisotopic (exact) mass is 354 g/mol. The lowest BCUT2D eigenvalue weighted by Gasteiger charge is -2.11. The molecule has 0 saturated heterocycles. The molecule has 1 aliphatic rings. The van der Waals surface area contributed by atoms with Crippen LogP contribution in [0.1, 0.15) is 53.3 Å². The van der Waals surface area contributed by atoms with Gasteiger partial charge >= 0.3 is 5.97 Å². The molecule has 1 aromatic carbocycles. The number of esters is 1. The smallest absolute Gasteiger partial charge is 0.338 e. The van der Waals surface area contributed by atoms with Crippen molar-refractivity contribution in [3.8, 4) is 0 Å². The minimum absolute atomic E-state index is 0.304. The molecule has 136 valence electrons. The molecular weight excluding hydrogens is 332 g/mol. The Labute approximate surface area is 152 Å². The van der Waals surface area contributed by atoms with E-state index in [1.54, 1.807) is 31.2 Å². The Morgan fingerprint density at radius 3 is 2.35 bits per heavy atom. The van der Waals surface area contributed by atoms with Gasteiger partial charge in [0.2, 0.25) is 5.95 Å². The standard InChI is InChI=1S/C19H22N4O3/c1-2-26-18(25)13-7-9-16(10-8-13)22-17(24)14-11-20-19(21-12-14)23-15-5-3-4-6-15/h7-12,15H,2-6H2,1H3,(H,22,24)(H,20,21,23). The van der Waals surface area contributed by atoms with Crippen molar-refractivity contribution in [2.24, 2.45) is 0 Å². The number of ether oxygens (including phenoxy) is 1. The summed E-state index contributed by atoms with van der Waals surface area (Å²) >= 11 is 0. The van der Waals surface area contributed by atoms with E-state index in [0.29, 0.717) is 35.4 Å². The van der Waals surface area contributed by atoms with E-state index in [4.69, 9.17) is 4.74 Å². The zero-order chi connectivity index (χ0) is 18.4. The van der Waals surface area contributed by atoms with Crippen LogP contribution >= 0.6 is 0 Å². The van der Waals surface area contributed by atoms with Gasteiger partial charge in [-0.2, -0.15) is 0 Å². The van der Waals surface area contributed by atoms with Crippen molar-refractivity contribution in [3.63, 3.8) is 0 Å². The number of carbonyl (C=O) groups excluding carboxylic acids is 2. The van der Waals surface area contributed by atoms with Crippen molar-refractivity contribution in [3.05, 3.63) is 47.8 Å². The van der Waals surface area contributed by atoms with E-state index in [1.807, 2.05) is 0 Å². The normalized spacial score (nSPS) is 14.0. The highest BCUT2D eigenvalue weighted by Gasteiger charge is 2.16. The molecule has 0 radical (unpaired) electrons. The summed E-state index contributed by atoms with van der Waals surface area (Å²) < 4.78 is 4.93. The van der Waals surface area contributed by atoms with Crippen LogP contribution in [0.2, 0.25) is 0 Å². The molecule has 1 aliphatic carbocycles. The zero-order valence-corrected chi connectivity index (χ0v) is 14.7. The SMILES string of the molecule is CCOC(=O)c1ccc(NC(=O)c2cnc(NC3CCCC3)nc2)cc1. The average Bonchev–Trinajstić information content (AvgIpc) is 3.16. The number of aromatic nitrogens is 2. The Morgan fingerprint density at radius 1 is 1.08 bits per heavy atom. The van der Waals surface area contributed by atoms with Gasteiger partial charge in [0.05, 0.1) is 17.7 Å². The highest BCUT2D eigenvalue weighted by molar-refractivity contribution is 6.04. The highest BCUT2D eigenvalue weighted by atomic mass is 16.5. The Morgan fingerprint density at radius 2 is 1.73 bits per heavy atom. The molecule has 7 nitrogen and oxygen atoms in total. The van der Waals surface area contributed by atoms with E-state index in [-0.39, 0.29) is 11.9 Å².